The quantitative estimate of drug-likeness (QED) is 0.729. The second kappa shape index (κ2) is 6.47. The van der Waals surface area contributed by atoms with Crippen LogP contribution in [0.15, 0.2) is 0 Å². The van der Waals surface area contributed by atoms with Gasteiger partial charge in [0.2, 0.25) is 5.79 Å². The molecule has 0 spiro atoms. The molecular formula is C17H28O4. The van der Waals surface area contributed by atoms with Crippen molar-refractivity contribution in [3.63, 3.8) is 0 Å². The van der Waals surface area contributed by atoms with Crippen molar-refractivity contribution in [3.05, 3.63) is 0 Å². The topological polar surface area (TPSA) is 52.6 Å². The van der Waals surface area contributed by atoms with Crippen molar-refractivity contribution < 1.29 is 19.1 Å². The fourth-order valence-electron chi connectivity index (χ4n) is 3.51. The number of rotatable bonds is 5. The normalized spacial score (nSPS) is 27.7. The summed E-state index contributed by atoms with van der Waals surface area (Å²) < 4.78 is 11.0. The summed E-state index contributed by atoms with van der Waals surface area (Å²) in [6.07, 6.45) is 5.32. The third-order valence-electron chi connectivity index (χ3n) is 4.45. The monoisotopic (exact) mass is 296 g/mol. The fraction of sp³-hybridized carbons (Fsp3) is 0.882. The van der Waals surface area contributed by atoms with Crippen LogP contribution in [0.4, 0.5) is 0 Å². The van der Waals surface area contributed by atoms with Gasteiger partial charge in [0.1, 0.15) is 5.78 Å². The van der Waals surface area contributed by atoms with Crippen molar-refractivity contribution in [2.45, 2.75) is 78.1 Å². The van der Waals surface area contributed by atoms with Gasteiger partial charge in [0.05, 0.1) is 5.92 Å². The number of cyclic esters (lactones) is 1. The van der Waals surface area contributed by atoms with Crippen LogP contribution in [-0.2, 0) is 19.1 Å². The molecule has 21 heavy (non-hydrogen) atoms. The Bertz CT molecular complexity index is 394. The van der Waals surface area contributed by atoms with E-state index in [0.717, 1.165) is 25.7 Å². The maximum atomic E-state index is 12.9. The minimum absolute atomic E-state index is 0.0996. The predicted molar refractivity (Wildman–Crippen MR) is 79.6 cm³/mol. The summed E-state index contributed by atoms with van der Waals surface area (Å²) in [6.45, 7) is 7.60. The van der Waals surface area contributed by atoms with E-state index in [9.17, 15) is 9.59 Å². The lowest BCUT2D eigenvalue weighted by molar-refractivity contribution is -0.162. The Morgan fingerprint density at radius 3 is 2.33 bits per heavy atom. The van der Waals surface area contributed by atoms with E-state index in [0.29, 0.717) is 12.3 Å². The molecule has 0 amide bonds. The second-order valence-electron chi connectivity index (χ2n) is 7.33. The van der Waals surface area contributed by atoms with Gasteiger partial charge >= 0.3 is 5.97 Å². The molecule has 4 heteroatoms. The van der Waals surface area contributed by atoms with Crippen molar-refractivity contribution in [2.75, 3.05) is 0 Å². The highest BCUT2D eigenvalue weighted by molar-refractivity contribution is 5.90. The highest BCUT2D eigenvalue weighted by atomic mass is 16.8. The van der Waals surface area contributed by atoms with Gasteiger partial charge in [-0.2, -0.15) is 0 Å². The van der Waals surface area contributed by atoms with Gasteiger partial charge in [-0.3, -0.25) is 4.79 Å². The number of carbonyl (C=O) groups excluding carboxylic acids is 2. The third-order valence-corrected chi connectivity index (χ3v) is 4.45. The summed E-state index contributed by atoms with van der Waals surface area (Å²) in [5, 5.41) is 0. The zero-order valence-electron chi connectivity index (χ0n) is 13.7. The second-order valence-corrected chi connectivity index (χ2v) is 7.33. The Morgan fingerprint density at radius 2 is 1.86 bits per heavy atom. The summed E-state index contributed by atoms with van der Waals surface area (Å²) >= 11 is 0. The van der Waals surface area contributed by atoms with Gasteiger partial charge in [-0.1, -0.05) is 33.1 Å². The van der Waals surface area contributed by atoms with E-state index in [1.54, 1.807) is 13.8 Å². The molecule has 0 unspecified atom stereocenters. The molecule has 2 atom stereocenters. The number of Topliss-reactive ketones (excluding diaryl/α,β-unsaturated/α-hetero) is 1. The molecule has 1 aliphatic carbocycles. The summed E-state index contributed by atoms with van der Waals surface area (Å²) in [6, 6.07) is 0. The molecule has 0 aromatic heterocycles. The highest BCUT2D eigenvalue weighted by Crippen LogP contribution is 2.35. The molecule has 0 aromatic carbocycles. The average Bonchev–Trinajstić information content (AvgIpc) is 2.69. The van der Waals surface area contributed by atoms with Crippen LogP contribution in [0.2, 0.25) is 0 Å². The largest absolute Gasteiger partial charge is 0.432 e. The summed E-state index contributed by atoms with van der Waals surface area (Å²) in [4.78, 5) is 25.0. The van der Waals surface area contributed by atoms with E-state index in [-0.39, 0.29) is 23.6 Å². The van der Waals surface area contributed by atoms with E-state index >= 15 is 0 Å². The van der Waals surface area contributed by atoms with Crippen LogP contribution < -0.4 is 0 Å². The lowest BCUT2D eigenvalue weighted by Crippen LogP contribution is -2.38. The molecule has 0 N–H and O–H groups in total. The summed E-state index contributed by atoms with van der Waals surface area (Å²) in [5.41, 5.74) is 0. The molecule has 1 heterocycles. The SMILES string of the molecule is CC(C)C[C@@H](C(=O)C1CCCCC1)[C@@H]1OC(C)(C)OC1=O. The molecule has 1 saturated heterocycles. The van der Waals surface area contributed by atoms with Gasteiger partial charge in [0.15, 0.2) is 6.10 Å². The minimum Gasteiger partial charge on any atom is -0.432 e. The number of esters is 1. The van der Waals surface area contributed by atoms with Crippen LogP contribution in [0.1, 0.15) is 66.2 Å². The Kier molecular flexibility index (Phi) is 5.07. The van der Waals surface area contributed by atoms with Gasteiger partial charge in [0, 0.05) is 19.8 Å². The van der Waals surface area contributed by atoms with Gasteiger partial charge in [-0.05, 0) is 25.2 Å². The van der Waals surface area contributed by atoms with Crippen molar-refractivity contribution >= 4 is 11.8 Å². The zero-order valence-corrected chi connectivity index (χ0v) is 13.7. The molecule has 120 valence electrons. The molecular weight excluding hydrogens is 268 g/mol. The van der Waals surface area contributed by atoms with Crippen LogP contribution in [0.3, 0.4) is 0 Å². The lowest BCUT2D eigenvalue weighted by Gasteiger charge is -2.28. The lowest BCUT2D eigenvalue weighted by atomic mass is 9.77. The number of ketones is 1. The Hall–Kier alpha value is -0.900. The number of carbonyl (C=O) groups is 2. The molecule has 2 fully saturated rings. The van der Waals surface area contributed by atoms with Crippen LogP contribution >= 0.6 is 0 Å². The van der Waals surface area contributed by atoms with Crippen molar-refractivity contribution in [1.82, 2.24) is 0 Å². The molecule has 0 aromatic rings. The zero-order chi connectivity index (χ0) is 15.6. The van der Waals surface area contributed by atoms with E-state index in [1.807, 2.05) is 0 Å². The number of hydrogen-bond donors (Lipinski definition) is 0. The third kappa shape index (κ3) is 4.06. The Morgan fingerprint density at radius 1 is 1.24 bits per heavy atom. The molecule has 1 aliphatic heterocycles. The smallest absolute Gasteiger partial charge is 0.338 e. The molecule has 0 bridgehead atoms. The number of ether oxygens (including phenoxy) is 2. The fourth-order valence-corrected chi connectivity index (χ4v) is 3.51. The van der Waals surface area contributed by atoms with E-state index in [2.05, 4.69) is 13.8 Å². The van der Waals surface area contributed by atoms with Crippen molar-refractivity contribution in [1.29, 1.82) is 0 Å². The standard InChI is InChI=1S/C17H28O4/c1-11(2)10-13(14(18)12-8-6-5-7-9-12)15-16(19)21-17(3,4)20-15/h11-13,15H,5-10H2,1-4H3/t13-,15-/m0/s1. The minimum atomic E-state index is -0.913. The van der Waals surface area contributed by atoms with Crippen LogP contribution in [0, 0.1) is 17.8 Å². The first kappa shape index (κ1) is 16.5. The van der Waals surface area contributed by atoms with Gasteiger partial charge in [-0.15, -0.1) is 0 Å². The van der Waals surface area contributed by atoms with E-state index in [1.165, 1.54) is 6.42 Å². The first-order valence-electron chi connectivity index (χ1n) is 8.24. The Labute approximate surface area is 127 Å². The molecule has 4 nitrogen and oxygen atoms in total. The summed E-state index contributed by atoms with van der Waals surface area (Å²) in [7, 11) is 0. The first-order chi connectivity index (χ1) is 9.80. The van der Waals surface area contributed by atoms with Gasteiger partial charge < -0.3 is 9.47 Å². The predicted octanol–water partition coefficient (Wildman–Crippen LogP) is 3.48. The molecule has 2 aliphatic rings. The summed E-state index contributed by atoms with van der Waals surface area (Å²) in [5.74, 6) is -0.991. The average molecular weight is 296 g/mol. The number of hydrogen-bond acceptors (Lipinski definition) is 4. The van der Waals surface area contributed by atoms with Crippen molar-refractivity contribution in [2.24, 2.45) is 17.8 Å². The molecule has 1 saturated carbocycles. The molecule has 0 radical (unpaired) electrons. The van der Waals surface area contributed by atoms with E-state index in [4.69, 9.17) is 9.47 Å². The van der Waals surface area contributed by atoms with Gasteiger partial charge in [-0.25, -0.2) is 4.79 Å². The van der Waals surface area contributed by atoms with Crippen molar-refractivity contribution in [3.8, 4) is 0 Å². The van der Waals surface area contributed by atoms with E-state index < -0.39 is 11.9 Å². The van der Waals surface area contributed by atoms with Crippen LogP contribution in [0.5, 0.6) is 0 Å². The molecule has 2 rings (SSSR count). The Balaban J connectivity index is 2.14. The highest BCUT2D eigenvalue weighted by Gasteiger charge is 2.48. The maximum absolute atomic E-state index is 12.9. The van der Waals surface area contributed by atoms with Crippen LogP contribution in [0.25, 0.3) is 0 Å². The maximum Gasteiger partial charge on any atom is 0.338 e. The van der Waals surface area contributed by atoms with Gasteiger partial charge in [0.25, 0.3) is 0 Å². The first-order valence-corrected chi connectivity index (χ1v) is 8.24. The van der Waals surface area contributed by atoms with Crippen LogP contribution in [-0.4, -0.2) is 23.6 Å².